The number of aromatic nitrogens is 1. The number of hydrogen-bond acceptors (Lipinski definition) is 7. The number of carboxylic acids is 1. The predicted octanol–water partition coefficient (Wildman–Crippen LogP) is 2.96. The number of aliphatic carboxylic acids is 1. The first-order valence-electron chi connectivity index (χ1n) is 8.32. The van der Waals surface area contributed by atoms with Crippen LogP contribution in [0.15, 0.2) is 52.9 Å². The highest BCUT2D eigenvalue weighted by molar-refractivity contribution is 8.00. The van der Waals surface area contributed by atoms with Gasteiger partial charge in [0.1, 0.15) is 11.1 Å². The lowest BCUT2D eigenvalue weighted by molar-refractivity contribution is -0.303. The van der Waals surface area contributed by atoms with Gasteiger partial charge in [0.15, 0.2) is 0 Å². The minimum atomic E-state index is -1.37. The van der Waals surface area contributed by atoms with E-state index in [0.29, 0.717) is 26.9 Å². The molecule has 2 heterocycles. The molecule has 0 fully saturated rings. The lowest BCUT2D eigenvalue weighted by Crippen LogP contribution is -2.38. The Morgan fingerprint density at radius 3 is 2.66 bits per heavy atom. The van der Waals surface area contributed by atoms with E-state index in [1.807, 2.05) is 35.7 Å². The molecule has 1 amide bonds. The third-order valence-electron chi connectivity index (χ3n) is 3.80. The monoisotopic (exact) mass is 442 g/mol. The van der Waals surface area contributed by atoms with Gasteiger partial charge in [-0.3, -0.25) is 4.79 Å². The van der Waals surface area contributed by atoms with Crippen molar-refractivity contribution >= 4 is 46.6 Å². The van der Waals surface area contributed by atoms with Gasteiger partial charge in [-0.05, 0) is 35.2 Å². The number of halogens is 1. The number of nitrogens with zero attached hydrogens (tertiary/aromatic N) is 2. The Labute approximate surface area is 180 Å². The Kier molecular flexibility index (Phi) is 6.88. The van der Waals surface area contributed by atoms with Crippen LogP contribution in [0, 0.1) is 11.3 Å². The number of benzene rings is 1. The maximum atomic E-state index is 11.9. The Bertz CT molecular complexity index is 1080. The highest BCUT2D eigenvalue weighted by Gasteiger charge is 2.17. The number of carbonyl (C=O) groups excluding carboxylic acids is 2. The highest BCUT2D eigenvalue weighted by Crippen LogP contribution is 2.35. The molecule has 3 aromatic rings. The second-order valence-corrected chi connectivity index (χ2v) is 8.12. The van der Waals surface area contributed by atoms with Crippen LogP contribution >= 0.6 is 34.7 Å². The molecule has 0 bridgehead atoms. The quantitative estimate of drug-likeness (QED) is 0.564. The van der Waals surface area contributed by atoms with Gasteiger partial charge in [-0.15, -0.1) is 11.3 Å². The zero-order valence-electron chi connectivity index (χ0n) is 14.8. The summed E-state index contributed by atoms with van der Waals surface area (Å²) in [6.07, 6.45) is 0. The lowest BCUT2D eigenvalue weighted by Gasteiger charge is -2.12. The van der Waals surface area contributed by atoms with Crippen molar-refractivity contribution in [3.63, 3.8) is 0 Å². The summed E-state index contributed by atoms with van der Waals surface area (Å²) < 4.78 is 0. The van der Waals surface area contributed by atoms with Gasteiger partial charge in [-0.2, -0.15) is 5.26 Å². The maximum absolute atomic E-state index is 11.9. The zero-order valence-corrected chi connectivity index (χ0v) is 17.2. The first kappa shape index (κ1) is 20.9. The largest absolute Gasteiger partial charge is 0.548 e. The highest BCUT2D eigenvalue weighted by atomic mass is 35.5. The molecule has 1 N–H and O–H groups in total. The molecule has 0 saturated heterocycles. The standard InChI is InChI=1S/C20H14ClN3O3S2/c21-13-5-3-12(4-6-13)14-8-16(17-2-1-7-28-17)24-20(15(14)9-22)29-11-18(25)23-10-19(26)27/h1-8H,10-11H2,(H,23,25)(H,26,27)/p-1. The van der Waals surface area contributed by atoms with Crippen LogP contribution in [0.1, 0.15) is 5.56 Å². The molecule has 9 heteroatoms. The van der Waals surface area contributed by atoms with Crippen molar-refractivity contribution < 1.29 is 14.7 Å². The summed E-state index contributed by atoms with van der Waals surface area (Å²) in [6, 6.07) is 15.0. The van der Waals surface area contributed by atoms with Crippen molar-refractivity contribution in [2.45, 2.75) is 5.03 Å². The van der Waals surface area contributed by atoms with Gasteiger partial charge in [0.05, 0.1) is 34.4 Å². The Morgan fingerprint density at radius 1 is 1.28 bits per heavy atom. The van der Waals surface area contributed by atoms with Crippen molar-refractivity contribution in [2.75, 3.05) is 12.3 Å². The molecule has 2 aromatic heterocycles. The van der Waals surface area contributed by atoms with Crippen LogP contribution in [0.4, 0.5) is 0 Å². The summed E-state index contributed by atoms with van der Waals surface area (Å²) in [5.74, 6) is -1.94. The molecule has 0 radical (unpaired) electrons. The van der Waals surface area contributed by atoms with Crippen molar-refractivity contribution in [2.24, 2.45) is 0 Å². The van der Waals surface area contributed by atoms with Crippen LogP contribution in [-0.4, -0.2) is 29.2 Å². The first-order chi connectivity index (χ1) is 14.0. The number of nitriles is 1. The van der Waals surface area contributed by atoms with Gasteiger partial charge in [0, 0.05) is 10.6 Å². The minimum absolute atomic E-state index is 0.0804. The maximum Gasteiger partial charge on any atom is 0.230 e. The number of thioether (sulfide) groups is 1. The fraction of sp³-hybridized carbons (Fsp3) is 0.100. The molecular formula is C20H13ClN3O3S2-. The summed E-state index contributed by atoms with van der Waals surface area (Å²) in [5, 5.41) is 25.4. The summed E-state index contributed by atoms with van der Waals surface area (Å²) in [6.45, 7) is -0.566. The second-order valence-electron chi connectivity index (χ2n) is 5.77. The van der Waals surface area contributed by atoms with Crippen LogP contribution in [0.2, 0.25) is 5.02 Å². The number of nitrogens with one attached hydrogen (secondary N) is 1. The molecular weight excluding hydrogens is 430 g/mol. The van der Waals surface area contributed by atoms with Crippen LogP contribution in [0.25, 0.3) is 21.7 Å². The normalized spacial score (nSPS) is 10.3. The molecule has 6 nitrogen and oxygen atoms in total. The van der Waals surface area contributed by atoms with E-state index in [1.165, 1.54) is 11.3 Å². The zero-order chi connectivity index (χ0) is 20.8. The second kappa shape index (κ2) is 9.56. The molecule has 0 aliphatic carbocycles. The van der Waals surface area contributed by atoms with E-state index in [2.05, 4.69) is 16.4 Å². The third kappa shape index (κ3) is 5.35. The van der Waals surface area contributed by atoms with Gasteiger partial charge in [0.2, 0.25) is 5.91 Å². The number of carboxylic acid groups (broad SMARTS) is 1. The number of thiophene rings is 1. The third-order valence-corrected chi connectivity index (χ3v) is 5.92. The van der Waals surface area contributed by atoms with E-state index < -0.39 is 18.4 Å². The molecule has 0 atom stereocenters. The van der Waals surface area contributed by atoms with Crippen LogP contribution < -0.4 is 10.4 Å². The minimum Gasteiger partial charge on any atom is -0.548 e. The van der Waals surface area contributed by atoms with Gasteiger partial charge < -0.3 is 15.2 Å². The van der Waals surface area contributed by atoms with Crippen LogP contribution in [-0.2, 0) is 9.59 Å². The Morgan fingerprint density at radius 2 is 2.03 bits per heavy atom. The van der Waals surface area contributed by atoms with Gasteiger partial charge >= 0.3 is 0 Å². The average Bonchev–Trinajstić information content (AvgIpc) is 3.25. The summed E-state index contributed by atoms with van der Waals surface area (Å²) >= 11 is 8.57. The molecule has 3 rings (SSSR count). The molecule has 29 heavy (non-hydrogen) atoms. The molecule has 0 aliphatic rings. The van der Waals surface area contributed by atoms with E-state index in [9.17, 15) is 20.0 Å². The average molecular weight is 443 g/mol. The fourth-order valence-electron chi connectivity index (χ4n) is 2.50. The summed E-state index contributed by atoms with van der Waals surface area (Å²) in [5.41, 5.74) is 2.50. The molecule has 1 aromatic carbocycles. The predicted molar refractivity (Wildman–Crippen MR) is 111 cm³/mol. The molecule has 146 valence electrons. The topological polar surface area (TPSA) is 106 Å². The van der Waals surface area contributed by atoms with Crippen molar-refractivity contribution in [3.05, 3.63) is 58.4 Å². The smallest absolute Gasteiger partial charge is 0.230 e. The SMILES string of the molecule is N#Cc1c(-c2ccc(Cl)cc2)cc(-c2cccs2)nc1SCC(=O)NCC(=O)[O-]. The lowest BCUT2D eigenvalue weighted by atomic mass is 10.0. The molecule has 0 spiro atoms. The Balaban J connectivity index is 1.99. The van der Waals surface area contributed by atoms with Gasteiger partial charge in [0.25, 0.3) is 0 Å². The first-order valence-corrected chi connectivity index (χ1v) is 10.6. The van der Waals surface area contributed by atoms with Crippen molar-refractivity contribution in [1.29, 1.82) is 5.26 Å². The van der Waals surface area contributed by atoms with Crippen molar-refractivity contribution in [3.8, 4) is 27.8 Å². The number of amides is 1. The van der Waals surface area contributed by atoms with E-state index in [0.717, 1.165) is 22.2 Å². The molecule has 0 saturated carbocycles. The van der Waals surface area contributed by atoms with E-state index in [1.54, 1.807) is 12.1 Å². The van der Waals surface area contributed by atoms with Crippen LogP contribution in [0.3, 0.4) is 0 Å². The van der Waals surface area contributed by atoms with Gasteiger partial charge in [-0.25, -0.2) is 4.98 Å². The number of rotatable bonds is 7. The molecule has 0 unspecified atom stereocenters. The Hall–Kier alpha value is -2.86. The summed E-state index contributed by atoms with van der Waals surface area (Å²) in [7, 11) is 0. The van der Waals surface area contributed by atoms with Crippen LogP contribution in [0.5, 0.6) is 0 Å². The van der Waals surface area contributed by atoms with Gasteiger partial charge in [-0.1, -0.05) is 41.6 Å². The number of pyridine rings is 1. The van der Waals surface area contributed by atoms with E-state index >= 15 is 0 Å². The van der Waals surface area contributed by atoms with Crippen molar-refractivity contribution in [1.82, 2.24) is 10.3 Å². The van der Waals surface area contributed by atoms with E-state index in [-0.39, 0.29) is 5.75 Å². The number of hydrogen-bond donors (Lipinski definition) is 1. The summed E-state index contributed by atoms with van der Waals surface area (Å²) in [4.78, 5) is 27.9. The van der Waals surface area contributed by atoms with E-state index in [4.69, 9.17) is 11.6 Å². The molecule has 0 aliphatic heterocycles. The number of carbonyl (C=O) groups is 2. The fourth-order valence-corrected chi connectivity index (χ4v) is 4.14.